The van der Waals surface area contributed by atoms with Gasteiger partial charge >= 0.3 is 0 Å². The molecule has 3 rings (SSSR count). The first-order chi connectivity index (χ1) is 13.4. The zero-order valence-electron chi connectivity index (χ0n) is 16.0. The molecule has 2 amide bonds. The predicted octanol–water partition coefficient (Wildman–Crippen LogP) is 5.16. The van der Waals surface area contributed by atoms with Gasteiger partial charge in [0.1, 0.15) is 5.76 Å². The molecule has 7 heteroatoms. The van der Waals surface area contributed by atoms with Crippen LogP contribution in [0.25, 0.3) is 0 Å². The summed E-state index contributed by atoms with van der Waals surface area (Å²) in [4.78, 5) is 25.1. The smallest absolute Gasteiger partial charge is 0.286 e. The van der Waals surface area contributed by atoms with Crippen LogP contribution in [0, 0.1) is 0 Å². The Labute approximate surface area is 174 Å². The number of nitrogens with one attached hydrogen (secondary N) is 2. The molecule has 0 radical (unpaired) electrons. The second-order valence-electron chi connectivity index (χ2n) is 7.20. The molecule has 1 unspecified atom stereocenters. The summed E-state index contributed by atoms with van der Waals surface area (Å²) in [6.45, 7) is 1.89. The van der Waals surface area contributed by atoms with E-state index >= 15 is 0 Å². The van der Waals surface area contributed by atoms with E-state index in [0.29, 0.717) is 21.4 Å². The Morgan fingerprint density at radius 3 is 2.29 bits per heavy atom. The quantitative estimate of drug-likeness (QED) is 0.698. The van der Waals surface area contributed by atoms with Gasteiger partial charge in [-0.05, 0) is 36.6 Å². The maximum absolute atomic E-state index is 13.0. The molecule has 1 atom stereocenters. The van der Waals surface area contributed by atoms with E-state index in [2.05, 4.69) is 10.6 Å². The fourth-order valence-electron chi connectivity index (χ4n) is 3.63. The molecule has 0 aliphatic heterocycles. The van der Waals surface area contributed by atoms with Crippen molar-refractivity contribution in [1.29, 1.82) is 0 Å². The lowest BCUT2D eigenvalue weighted by Gasteiger charge is -2.23. The molecule has 0 saturated heterocycles. The van der Waals surface area contributed by atoms with Crippen LogP contribution < -0.4 is 10.6 Å². The summed E-state index contributed by atoms with van der Waals surface area (Å²) in [5, 5.41) is 6.63. The molecular formula is C21H24Cl2N2O3. The summed E-state index contributed by atoms with van der Waals surface area (Å²) in [5.74, 6) is -0.381. The first kappa shape index (κ1) is 20.7. The minimum Gasteiger partial charge on any atom is -0.454 e. The summed E-state index contributed by atoms with van der Waals surface area (Å²) >= 11 is 12.3. The van der Waals surface area contributed by atoms with Crippen LogP contribution in [0.5, 0.6) is 0 Å². The van der Waals surface area contributed by atoms with Gasteiger partial charge in [0, 0.05) is 35.1 Å². The molecule has 1 heterocycles. The lowest BCUT2D eigenvalue weighted by molar-refractivity contribution is 0.0918. The SMILES string of the molecule is CNC(=O)c1cc(C(=O)NC2CCCCC2)c(C(C)c2cc(Cl)cc(Cl)c2)o1. The third-order valence-corrected chi connectivity index (χ3v) is 5.61. The fraction of sp³-hybridized carbons (Fsp3) is 0.429. The minimum absolute atomic E-state index is 0.103. The Balaban J connectivity index is 1.94. The lowest BCUT2D eigenvalue weighted by Crippen LogP contribution is -2.36. The molecule has 1 aromatic carbocycles. The Morgan fingerprint density at radius 2 is 1.68 bits per heavy atom. The van der Waals surface area contributed by atoms with E-state index in [4.69, 9.17) is 27.6 Å². The molecule has 0 spiro atoms. The second kappa shape index (κ2) is 9.01. The summed E-state index contributed by atoms with van der Waals surface area (Å²) in [6.07, 6.45) is 5.38. The van der Waals surface area contributed by atoms with Crippen molar-refractivity contribution in [2.75, 3.05) is 7.05 Å². The first-order valence-corrected chi connectivity index (χ1v) is 10.3. The van der Waals surface area contributed by atoms with Gasteiger partial charge < -0.3 is 15.1 Å². The number of halogens is 2. The normalized spacial score (nSPS) is 15.9. The Bertz CT molecular complexity index is 852. The van der Waals surface area contributed by atoms with Crippen LogP contribution in [0.15, 0.2) is 28.7 Å². The first-order valence-electron chi connectivity index (χ1n) is 9.51. The zero-order valence-corrected chi connectivity index (χ0v) is 17.5. The number of amides is 2. The molecule has 28 heavy (non-hydrogen) atoms. The Hall–Kier alpha value is -1.98. The largest absolute Gasteiger partial charge is 0.454 e. The molecule has 1 fully saturated rings. The lowest BCUT2D eigenvalue weighted by atomic mass is 9.94. The maximum Gasteiger partial charge on any atom is 0.286 e. The predicted molar refractivity (Wildman–Crippen MR) is 110 cm³/mol. The van der Waals surface area contributed by atoms with Gasteiger partial charge in [-0.25, -0.2) is 0 Å². The van der Waals surface area contributed by atoms with Gasteiger partial charge in [-0.3, -0.25) is 9.59 Å². The van der Waals surface area contributed by atoms with Crippen LogP contribution in [-0.4, -0.2) is 24.9 Å². The van der Waals surface area contributed by atoms with Gasteiger partial charge in [0.05, 0.1) is 5.56 Å². The average Bonchev–Trinajstić information content (AvgIpc) is 3.12. The van der Waals surface area contributed by atoms with Gasteiger partial charge in [-0.1, -0.05) is 49.4 Å². The van der Waals surface area contributed by atoms with E-state index in [0.717, 1.165) is 31.2 Å². The van der Waals surface area contributed by atoms with Crippen LogP contribution in [0.3, 0.4) is 0 Å². The van der Waals surface area contributed by atoms with Crippen LogP contribution in [0.1, 0.15) is 77.2 Å². The highest BCUT2D eigenvalue weighted by molar-refractivity contribution is 6.34. The van der Waals surface area contributed by atoms with Crippen molar-refractivity contribution in [3.63, 3.8) is 0 Å². The fourth-order valence-corrected chi connectivity index (χ4v) is 4.17. The van der Waals surface area contributed by atoms with Crippen LogP contribution in [0.2, 0.25) is 10.0 Å². The van der Waals surface area contributed by atoms with Gasteiger partial charge in [0.15, 0.2) is 5.76 Å². The van der Waals surface area contributed by atoms with Gasteiger partial charge in [0.2, 0.25) is 0 Å². The molecule has 1 aliphatic carbocycles. The molecule has 2 aromatic rings. The number of benzene rings is 1. The number of hydrogen-bond acceptors (Lipinski definition) is 3. The molecule has 2 N–H and O–H groups in total. The van der Waals surface area contributed by atoms with E-state index in [-0.39, 0.29) is 29.5 Å². The van der Waals surface area contributed by atoms with Crippen LogP contribution in [-0.2, 0) is 0 Å². The number of carbonyl (C=O) groups is 2. The number of furan rings is 1. The molecule has 150 valence electrons. The number of hydrogen-bond donors (Lipinski definition) is 2. The molecule has 0 bridgehead atoms. The van der Waals surface area contributed by atoms with Crippen molar-refractivity contribution >= 4 is 35.0 Å². The highest BCUT2D eigenvalue weighted by Gasteiger charge is 2.27. The van der Waals surface area contributed by atoms with E-state index < -0.39 is 0 Å². The van der Waals surface area contributed by atoms with E-state index in [9.17, 15) is 9.59 Å². The zero-order chi connectivity index (χ0) is 20.3. The van der Waals surface area contributed by atoms with Gasteiger partial charge in [-0.2, -0.15) is 0 Å². The second-order valence-corrected chi connectivity index (χ2v) is 8.07. The third kappa shape index (κ3) is 4.70. The highest BCUT2D eigenvalue weighted by atomic mass is 35.5. The van der Waals surface area contributed by atoms with Gasteiger partial charge in [0.25, 0.3) is 11.8 Å². The van der Waals surface area contributed by atoms with Crippen molar-refractivity contribution in [2.45, 2.75) is 51.0 Å². The summed E-state index contributed by atoms with van der Waals surface area (Å²) in [6, 6.07) is 6.87. The van der Waals surface area contributed by atoms with Crippen molar-refractivity contribution in [2.24, 2.45) is 0 Å². The van der Waals surface area contributed by atoms with Crippen molar-refractivity contribution in [1.82, 2.24) is 10.6 Å². The highest BCUT2D eigenvalue weighted by Crippen LogP contribution is 2.33. The van der Waals surface area contributed by atoms with E-state index in [1.54, 1.807) is 18.2 Å². The standard InChI is InChI=1S/C21H24Cl2N2O3/c1-12(13-8-14(22)10-15(23)9-13)19-17(11-18(28-19)21(27)24-2)20(26)25-16-6-4-3-5-7-16/h8-12,16H,3-7H2,1-2H3,(H,24,27)(H,25,26). The average molecular weight is 423 g/mol. The maximum atomic E-state index is 13.0. The Morgan fingerprint density at radius 1 is 1.04 bits per heavy atom. The molecule has 1 aliphatic rings. The topological polar surface area (TPSA) is 71.3 Å². The number of carbonyl (C=O) groups excluding carboxylic acids is 2. The number of rotatable bonds is 5. The van der Waals surface area contributed by atoms with Crippen molar-refractivity contribution in [3.8, 4) is 0 Å². The summed E-state index contributed by atoms with van der Waals surface area (Å²) in [5.41, 5.74) is 1.18. The van der Waals surface area contributed by atoms with Gasteiger partial charge in [-0.15, -0.1) is 0 Å². The minimum atomic E-state index is -0.380. The van der Waals surface area contributed by atoms with Crippen molar-refractivity contribution < 1.29 is 14.0 Å². The van der Waals surface area contributed by atoms with E-state index in [1.807, 2.05) is 6.92 Å². The van der Waals surface area contributed by atoms with Crippen LogP contribution in [0.4, 0.5) is 0 Å². The summed E-state index contributed by atoms with van der Waals surface area (Å²) in [7, 11) is 1.52. The Kier molecular flexibility index (Phi) is 6.68. The third-order valence-electron chi connectivity index (χ3n) is 5.17. The monoisotopic (exact) mass is 422 g/mol. The van der Waals surface area contributed by atoms with E-state index in [1.165, 1.54) is 19.5 Å². The molecule has 5 nitrogen and oxygen atoms in total. The van der Waals surface area contributed by atoms with Crippen LogP contribution >= 0.6 is 23.2 Å². The molecular weight excluding hydrogens is 399 g/mol. The molecule has 1 aromatic heterocycles. The summed E-state index contributed by atoms with van der Waals surface area (Å²) < 4.78 is 5.81. The molecule has 1 saturated carbocycles. The van der Waals surface area contributed by atoms with Crippen molar-refractivity contribution in [3.05, 3.63) is 57.0 Å².